The van der Waals surface area contributed by atoms with Crippen LogP contribution < -0.4 is 9.80 Å². The van der Waals surface area contributed by atoms with Gasteiger partial charge in [0.1, 0.15) is 0 Å². The van der Waals surface area contributed by atoms with Crippen molar-refractivity contribution in [3.05, 3.63) is 212 Å². The Labute approximate surface area is 304 Å². The summed E-state index contributed by atoms with van der Waals surface area (Å²) in [5.74, 6) is 0.299. The van der Waals surface area contributed by atoms with Crippen molar-refractivity contribution in [2.24, 2.45) is 0 Å². The van der Waals surface area contributed by atoms with E-state index in [-0.39, 0.29) is 6.04 Å². The van der Waals surface area contributed by atoms with E-state index >= 15 is 0 Å². The third kappa shape index (κ3) is 5.11. The Morgan fingerprint density at radius 3 is 1.81 bits per heavy atom. The van der Waals surface area contributed by atoms with Crippen LogP contribution in [0.4, 0.5) is 28.4 Å². The van der Waals surface area contributed by atoms with Crippen LogP contribution in [0.25, 0.3) is 43.8 Å². The zero-order valence-corrected chi connectivity index (χ0v) is 28.7. The van der Waals surface area contributed by atoms with E-state index in [4.69, 9.17) is 0 Å². The predicted octanol–water partition coefficient (Wildman–Crippen LogP) is 13.5. The number of hydrogen-bond acceptors (Lipinski definition) is 2. The van der Waals surface area contributed by atoms with Gasteiger partial charge in [-0.05, 0) is 110 Å². The summed E-state index contributed by atoms with van der Waals surface area (Å²) < 4.78 is 0. The zero-order valence-electron chi connectivity index (χ0n) is 28.7. The lowest BCUT2D eigenvalue weighted by Gasteiger charge is -2.28. The molecule has 0 aromatic heterocycles. The van der Waals surface area contributed by atoms with Crippen LogP contribution in [-0.4, -0.2) is 6.04 Å². The molecule has 10 rings (SSSR count). The molecule has 0 amide bonds. The Kier molecular flexibility index (Phi) is 7.32. The molecule has 0 saturated heterocycles. The first-order valence-corrected chi connectivity index (χ1v) is 18.1. The Morgan fingerprint density at radius 2 is 1.02 bits per heavy atom. The molecule has 2 unspecified atom stereocenters. The van der Waals surface area contributed by atoms with Gasteiger partial charge in [-0.25, -0.2) is 0 Å². The van der Waals surface area contributed by atoms with Gasteiger partial charge in [0.05, 0.1) is 6.04 Å². The molecule has 8 aromatic rings. The Hall–Kier alpha value is -6.64. The molecule has 52 heavy (non-hydrogen) atoms. The van der Waals surface area contributed by atoms with Gasteiger partial charge >= 0.3 is 0 Å². The van der Waals surface area contributed by atoms with Crippen LogP contribution >= 0.6 is 0 Å². The third-order valence-electron chi connectivity index (χ3n) is 10.8. The number of nitrogens with zero attached hydrogens (tertiary/aromatic N) is 2. The SMILES string of the molecule is C1=CC2c3c(ccc4ccc(-c5ccc(N(c6ccccc6)c6ccc(-c7cccc8ccccc78)cc6)cc5)cc34)N(c3ccccc3)C2C=C1. The molecular weight excluding hydrogens is 629 g/mol. The molecule has 246 valence electrons. The first-order valence-electron chi connectivity index (χ1n) is 18.1. The average Bonchev–Trinajstić information content (AvgIpc) is 3.57. The topological polar surface area (TPSA) is 6.48 Å². The summed E-state index contributed by atoms with van der Waals surface area (Å²) in [6.07, 6.45) is 9.12. The molecule has 0 fully saturated rings. The Morgan fingerprint density at radius 1 is 0.423 bits per heavy atom. The van der Waals surface area contributed by atoms with Gasteiger partial charge in [-0.3, -0.25) is 0 Å². The lowest BCUT2D eigenvalue weighted by atomic mass is 9.87. The highest BCUT2D eigenvalue weighted by Gasteiger charge is 2.38. The van der Waals surface area contributed by atoms with Crippen LogP contribution in [0.1, 0.15) is 11.5 Å². The Bertz CT molecular complexity index is 2620. The summed E-state index contributed by atoms with van der Waals surface area (Å²) in [6, 6.07) is 66.4. The fourth-order valence-electron chi connectivity index (χ4n) is 8.34. The number of allylic oxidation sites excluding steroid dienone is 2. The number of hydrogen-bond donors (Lipinski definition) is 0. The first-order chi connectivity index (χ1) is 25.8. The minimum atomic E-state index is 0.265. The van der Waals surface area contributed by atoms with E-state index in [9.17, 15) is 0 Å². The normalized spacial score (nSPS) is 15.9. The fourth-order valence-corrected chi connectivity index (χ4v) is 8.34. The molecule has 2 nitrogen and oxygen atoms in total. The lowest BCUT2D eigenvalue weighted by Crippen LogP contribution is -2.28. The lowest BCUT2D eigenvalue weighted by molar-refractivity contribution is 0.747. The maximum atomic E-state index is 2.51. The van der Waals surface area contributed by atoms with Crippen LogP contribution in [0, 0.1) is 0 Å². The van der Waals surface area contributed by atoms with Gasteiger partial charge in [-0.2, -0.15) is 0 Å². The second kappa shape index (κ2) is 12.6. The standard InChI is InChI=1S/C50H36N2/c1-3-14-40(15-4-1)51(43-31-26-37(27-32-43)45-20-11-13-36-12-7-8-18-44(36)45)42-29-24-35(25-30-42)39-23-22-38-28-33-49-50(47(38)34-39)46-19-9-10-21-48(46)52(49)41-16-5-2-6-17-41/h1-34,46,48H. The highest BCUT2D eigenvalue weighted by Crippen LogP contribution is 2.51. The molecule has 0 radical (unpaired) electrons. The molecular formula is C50H36N2. The van der Waals surface area contributed by atoms with Gasteiger partial charge in [-0.15, -0.1) is 0 Å². The number of para-hydroxylation sites is 2. The number of rotatable bonds is 6. The molecule has 2 aliphatic rings. The molecule has 1 aliphatic carbocycles. The van der Waals surface area contributed by atoms with Gasteiger partial charge in [-0.1, -0.05) is 146 Å². The second-order valence-corrected chi connectivity index (χ2v) is 13.7. The molecule has 2 atom stereocenters. The summed E-state index contributed by atoms with van der Waals surface area (Å²) >= 11 is 0. The molecule has 0 N–H and O–H groups in total. The molecule has 8 aromatic carbocycles. The van der Waals surface area contributed by atoms with Gasteiger partial charge in [0.15, 0.2) is 0 Å². The van der Waals surface area contributed by atoms with Crippen LogP contribution in [0.2, 0.25) is 0 Å². The number of benzene rings is 8. The van der Waals surface area contributed by atoms with Gasteiger partial charge < -0.3 is 9.80 Å². The second-order valence-electron chi connectivity index (χ2n) is 13.7. The van der Waals surface area contributed by atoms with Crippen LogP contribution in [0.5, 0.6) is 0 Å². The number of fused-ring (bicyclic) bond motifs is 6. The van der Waals surface area contributed by atoms with E-state index in [2.05, 4.69) is 216 Å². The molecule has 1 heterocycles. The maximum absolute atomic E-state index is 2.51. The first kappa shape index (κ1) is 30.2. The molecule has 0 saturated carbocycles. The van der Waals surface area contributed by atoms with Gasteiger partial charge in [0.25, 0.3) is 0 Å². The van der Waals surface area contributed by atoms with Crippen LogP contribution in [-0.2, 0) is 0 Å². The fraction of sp³-hybridized carbons (Fsp3) is 0.0400. The summed E-state index contributed by atoms with van der Waals surface area (Å²) in [6.45, 7) is 0. The predicted molar refractivity (Wildman–Crippen MR) is 220 cm³/mol. The molecule has 2 heteroatoms. The van der Waals surface area contributed by atoms with E-state index in [0.717, 1.165) is 17.1 Å². The summed E-state index contributed by atoms with van der Waals surface area (Å²) in [5, 5.41) is 5.13. The summed E-state index contributed by atoms with van der Waals surface area (Å²) in [4.78, 5) is 4.85. The monoisotopic (exact) mass is 664 g/mol. The molecule has 0 bridgehead atoms. The van der Waals surface area contributed by atoms with E-state index in [1.165, 1.54) is 60.7 Å². The van der Waals surface area contributed by atoms with Crippen LogP contribution in [0.3, 0.4) is 0 Å². The highest BCUT2D eigenvalue weighted by atomic mass is 15.2. The smallest absolute Gasteiger partial charge is 0.0629 e. The minimum Gasteiger partial charge on any atom is -0.333 e. The quantitative estimate of drug-likeness (QED) is 0.175. The Balaban J connectivity index is 1.02. The van der Waals surface area contributed by atoms with Crippen molar-refractivity contribution in [1.82, 2.24) is 0 Å². The van der Waals surface area contributed by atoms with Crippen molar-refractivity contribution in [3.63, 3.8) is 0 Å². The van der Waals surface area contributed by atoms with Gasteiger partial charge in [0.2, 0.25) is 0 Å². The largest absolute Gasteiger partial charge is 0.333 e. The van der Waals surface area contributed by atoms with Crippen molar-refractivity contribution in [3.8, 4) is 22.3 Å². The van der Waals surface area contributed by atoms with Crippen molar-refractivity contribution in [1.29, 1.82) is 0 Å². The summed E-state index contributed by atoms with van der Waals surface area (Å²) in [7, 11) is 0. The summed E-state index contributed by atoms with van der Waals surface area (Å²) in [5.41, 5.74) is 12.2. The van der Waals surface area contributed by atoms with E-state index < -0.39 is 0 Å². The third-order valence-corrected chi connectivity index (χ3v) is 10.8. The van der Waals surface area contributed by atoms with Crippen molar-refractivity contribution in [2.45, 2.75) is 12.0 Å². The highest BCUT2D eigenvalue weighted by molar-refractivity contribution is 5.98. The zero-order chi connectivity index (χ0) is 34.4. The van der Waals surface area contributed by atoms with Crippen molar-refractivity contribution < 1.29 is 0 Å². The maximum Gasteiger partial charge on any atom is 0.0629 e. The molecule has 0 spiro atoms. The minimum absolute atomic E-state index is 0.265. The van der Waals surface area contributed by atoms with E-state index in [1.807, 2.05) is 0 Å². The number of anilines is 5. The van der Waals surface area contributed by atoms with Crippen LogP contribution in [0.15, 0.2) is 206 Å². The van der Waals surface area contributed by atoms with E-state index in [1.54, 1.807) is 0 Å². The van der Waals surface area contributed by atoms with E-state index in [0.29, 0.717) is 5.92 Å². The molecule has 1 aliphatic heterocycles. The van der Waals surface area contributed by atoms with Crippen molar-refractivity contribution >= 4 is 50.0 Å². The van der Waals surface area contributed by atoms with Gasteiger partial charge in [0, 0.05) is 34.4 Å². The van der Waals surface area contributed by atoms with Crippen molar-refractivity contribution in [2.75, 3.05) is 9.80 Å². The average molecular weight is 665 g/mol.